The fraction of sp³-hybridized carbons (Fsp3) is 0.647. The molecule has 2 unspecified atom stereocenters. The minimum absolute atomic E-state index is 0.135. The summed E-state index contributed by atoms with van der Waals surface area (Å²) >= 11 is 6.45. The Hall–Kier alpha value is -0.570. The van der Waals surface area contributed by atoms with Gasteiger partial charge in [-0.2, -0.15) is 0 Å². The van der Waals surface area contributed by atoms with Crippen LogP contribution in [-0.2, 0) is 0 Å². The van der Waals surface area contributed by atoms with Gasteiger partial charge in [-0.25, -0.2) is 0 Å². The van der Waals surface area contributed by atoms with Crippen molar-refractivity contribution < 1.29 is 0 Å². The van der Waals surface area contributed by atoms with Gasteiger partial charge in [0.15, 0.2) is 0 Å². The Kier molecular flexibility index (Phi) is 5.88. The minimum atomic E-state index is 0.135. The number of benzene rings is 1. The van der Waals surface area contributed by atoms with E-state index in [0.29, 0.717) is 6.04 Å². The van der Waals surface area contributed by atoms with Gasteiger partial charge in [-0.3, -0.25) is 4.90 Å². The van der Waals surface area contributed by atoms with Crippen LogP contribution in [0, 0.1) is 0 Å². The second-order valence-corrected chi connectivity index (χ2v) is 6.21. The number of nitrogens with zero attached hydrogens (tertiary/aromatic N) is 1. The Morgan fingerprint density at radius 1 is 1.25 bits per heavy atom. The molecular weight excluding hydrogens is 268 g/mol. The van der Waals surface area contributed by atoms with Gasteiger partial charge >= 0.3 is 0 Å². The molecule has 2 rings (SSSR count). The van der Waals surface area contributed by atoms with E-state index in [1.807, 2.05) is 12.1 Å². The molecule has 20 heavy (non-hydrogen) atoms. The van der Waals surface area contributed by atoms with Crippen LogP contribution in [0.25, 0.3) is 0 Å². The molecule has 0 aliphatic heterocycles. The lowest BCUT2D eigenvalue weighted by Crippen LogP contribution is -2.45. The number of likely N-dealkylation sites (N-methyl/N-ethyl adjacent to an activating group) is 1. The molecule has 0 radical (unpaired) electrons. The highest BCUT2D eigenvalue weighted by atomic mass is 35.5. The second kappa shape index (κ2) is 7.44. The molecule has 1 fully saturated rings. The number of hydrogen-bond donors (Lipinski definition) is 1. The van der Waals surface area contributed by atoms with Crippen molar-refractivity contribution >= 4 is 11.6 Å². The molecule has 112 valence electrons. The van der Waals surface area contributed by atoms with Gasteiger partial charge in [0.1, 0.15) is 0 Å². The summed E-state index contributed by atoms with van der Waals surface area (Å²) < 4.78 is 0. The Bertz CT molecular complexity index is 415. The van der Waals surface area contributed by atoms with E-state index in [9.17, 15) is 0 Å². The molecule has 2 atom stereocenters. The zero-order valence-electron chi connectivity index (χ0n) is 12.7. The van der Waals surface area contributed by atoms with E-state index in [0.717, 1.165) is 18.0 Å². The Morgan fingerprint density at radius 3 is 2.45 bits per heavy atom. The van der Waals surface area contributed by atoms with E-state index in [1.165, 1.54) is 31.2 Å². The first-order valence-corrected chi connectivity index (χ1v) is 8.32. The minimum Gasteiger partial charge on any atom is -0.326 e. The van der Waals surface area contributed by atoms with Crippen molar-refractivity contribution in [2.75, 3.05) is 6.54 Å². The van der Waals surface area contributed by atoms with E-state index >= 15 is 0 Å². The monoisotopic (exact) mass is 294 g/mol. The maximum Gasteiger partial charge on any atom is 0.0516 e. The molecule has 1 aliphatic rings. The summed E-state index contributed by atoms with van der Waals surface area (Å²) in [4.78, 5) is 2.59. The van der Waals surface area contributed by atoms with Gasteiger partial charge in [0.05, 0.1) is 6.04 Å². The van der Waals surface area contributed by atoms with Crippen molar-refractivity contribution in [3.8, 4) is 0 Å². The van der Waals surface area contributed by atoms with Crippen LogP contribution in [0.1, 0.15) is 57.6 Å². The van der Waals surface area contributed by atoms with E-state index in [-0.39, 0.29) is 12.1 Å². The van der Waals surface area contributed by atoms with Crippen molar-refractivity contribution in [2.45, 2.75) is 64.1 Å². The van der Waals surface area contributed by atoms with Crippen molar-refractivity contribution in [1.82, 2.24) is 4.90 Å². The molecule has 0 saturated heterocycles. The number of halogens is 1. The van der Waals surface area contributed by atoms with Crippen molar-refractivity contribution in [3.63, 3.8) is 0 Å². The maximum atomic E-state index is 6.46. The maximum absolute atomic E-state index is 6.46. The predicted molar refractivity (Wildman–Crippen MR) is 87.1 cm³/mol. The molecule has 0 bridgehead atoms. The zero-order chi connectivity index (χ0) is 14.5. The zero-order valence-corrected chi connectivity index (χ0v) is 13.4. The first kappa shape index (κ1) is 15.8. The quantitative estimate of drug-likeness (QED) is 0.843. The first-order valence-electron chi connectivity index (χ1n) is 7.94. The second-order valence-electron chi connectivity index (χ2n) is 5.81. The molecule has 1 aromatic carbocycles. The molecule has 3 heteroatoms. The van der Waals surface area contributed by atoms with Gasteiger partial charge in [0.25, 0.3) is 0 Å². The molecule has 0 spiro atoms. The third-order valence-electron chi connectivity index (χ3n) is 4.62. The third-order valence-corrected chi connectivity index (χ3v) is 4.96. The lowest BCUT2D eigenvalue weighted by atomic mass is 9.94. The van der Waals surface area contributed by atoms with E-state index in [4.69, 9.17) is 17.3 Å². The highest BCUT2D eigenvalue weighted by Gasteiger charge is 2.32. The largest absolute Gasteiger partial charge is 0.326 e. The molecule has 2 N–H and O–H groups in total. The number of nitrogens with two attached hydrogens (primary N) is 1. The molecule has 1 saturated carbocycles. The van der Waals surface area contributed by atoms with Crippen molar-refractivity contribution in [3.05, 3.63) is 34.9 Å². The van der Waals surface area contributed by atoms with Gasteiger partial charge in [-0.15, -0.1) is 0 Å². The Labute approximate surface area is 128 Å². The van der Waals surface area contributed by atoms with Crippen LogP contribution in [-0.4, -0.2) is 23.5 Å². The highest BCUT2D eigenvalue weighted by Crippen LogP contribution is 2.35. The SMILES string of the molecule is CCC(N)C(c1ccccc1Cl)N(CC)C1CCCC1. The summed E-state index contributed by atoms with van der Waals surface area (Å²) in [5.41, 5.74) is 7.65. The summed E-state index contributed by atoms with van der Waals surface area (Å²) in [5, 5.41) is 0.845. The molecule has 1 aliphatic carbocycles. The fourth-order valence-corrected chi connectivity index (χ4v) is 3.76. The summed E-state index contributed by atoms with van der Waals surface area (Å²) in [6.45, 7) is 5.44. The van der Waals surface area contributed by atoms with Crippen LogP contribution in [0.4, 0.5) is 0 Å². The summed E-state index contributed by atoms with van der Waals surface area (Å²) in [6, 6.07) is 9.22. The van der Waals surface area contributed by atoms with Crippen LogP contribution in [0.15, 0.2) is 24.3 Å². The Morgan fingerprint density at radius 2 is 1.90 bits per heavy atom. The normalized spacial score (nSPS) is 19.4. The van der Waals surface area contributed by atoms with Gasteiger partial charge in [-0.1, -0.05) is 56.5 Å². The Balaban J connectivity index is 2.33. The van der Waals surface area contributed by atoms with E-state index in [1.54, 1.807) is 0 Å². The summed E-state index contributed by atoms with van der Waals surface area (Å²) in [7, 11) is 0. The van der Waals surface area contributed by atoms with E-state index in [2.05, 4.69) is 30.9 Å². The molecule has 0 amide bonds. The summed E-state index contributed by atoms with van der Waals surface area (Å²) in [5.74, 6) is 0. The van der Waals surface area contributed by atoms with E-state index < -0.39 is 0 Å². The van der Waals surface area contributed by atoms with Gasteiger partial charge < -0.3 is 5.73 Å². The van der Waals surface area contributed by atoms with Crippen LogP contribution in [0.3, 0.4) is 0 Å². The van der Waals surface area contributed by atoms with Crippen LogP contribution in [0.2, 0.25) is 5.02 Å². The van der Waals surface area contributed by atoms with Gasteiger partial charge in [-0.05, 0) is 37.4 Å². The van der Waals surface area contributed by atoms with Gasteiger partial charge in [0.2, 0.25) is 0 Å². The third kappa shape index (κ3) is 3.36. The smallest absolute Gasteiger partial charge is 0.0516 e. The molecule has 2 nitrogen and oxygen atoms in total. The topological polar surface area (TPSA) is 29.3 Å². The van der Waals surface area contributed by atoms with Crippen LogP contribution in [0.5, 0.6) is 0 Å². The average Bonchev–Trinajstić information content (AvgIpc) is 2.99. The molecular formula is C17H27ClN2. The van der Waals surface area contributed by atoms with Gasteiger partial charge in [0, 0.05) is 17.1 Å². The standard InChI is InChI=1S/C17H27ClN2/c1-3-16(19)17(14-11-7-8-12-15(14)18)20(4-2)13-9-5-6-10-13/h7-8,11-13,16-17H,3-6,9-10,19H2,1-2H3. The molecule has 0 heterocycles. The predicted octanol–water partition coefficient (Wildman–Crippen LogP) is 4.38. The van der Waals surface area contributed by atoms with Crippen molar-refractivity contribution in [1.29, 1.82) is 0 Å². The fourth-order valence-electron chi connectivity index (χ4n) is 3.51. The van der Waals surface area contributed by atoms with Crippen LogP contribution < -0.4 is 5.73 Å². The average molecular weight is 295 g/mol. The molecule has 1 aromatic rings. The summed E-state index contributed by atoms with van der Waals surface area (Å²) in [6.07, 6.45) is 6.26. The molecule has 0 aromatic heterocycles. The van der Waals surface area contributed by atoms with Crippen LogP contribution >= 0.6 is 11.6 Å². The first-order chi connectivity index (χ1) is 9.69. The van der Waals surface area contributed by atoms with Crippen molar-refractivity contribution in [2.24, 2.45) is 5.73 Å². The lowest BCUT2D eigenvalue weighted by molar-refractivity contribution is 0.121. The number of rotatable bonds is 6. The lowest BCUT2D eigenvalue weighted by Gasteiger charge is -2.39. The number of hydrogen-bond acceptors (Lipinski definition) is 2. The highest BCUT2D eigenvalue weighted by molar-refractivity contribution is 6.31.